The van der Waals surface area contributed by atoms with Gasteiger partial charge in [-0.3, -0.25) is 9.59 Å². The van der Waals surface area contributed by atoms with E-state index in [0.29, 0.717) is 0 Å². The van der Waals surface area contributed by atoms with Crippen LogP contribution in [0.1, 0.15) is 33.6 Å². The molecule has 0 rings (SSSR count). The quantitative estimate of drug-likeness (QED) is 0.193. The molecule has 0 radical (unpaired) electrons. The van der Waals surface area contributed by atoms with Gasteiger partial charge in [0.1, 0.15) is 0 Å². The van der Waals surface area contributed by atoms with Crippen molar-refractivity contribution >= 4 is 24.3 Å². The van der Waals surface area contributed by atoms with E-state index in [-0.39, 0.29) is 39.1 Å². The minimum atomic E-state index is -2.07. The molecule has 0 heterocycles. The van der Waals surface area contributed by atoms with Crippen molar-refractivity contribution in [3.8, 4) is 0 Å². The number of allylic oxidation sites excluding steroid dienone is 1. The van der Waals surface area contributed by atoms with Gasteiger partial charge in [0.15, 0.2) is 0 Å². The topological polar surface area (TPSA) is 108 Å². The lowest BCUT2D eigenvalue weighted by atomic mass is 9.98. The standard InChI is InChI=1S/C15H23NO7/c1-4-21-12(18)9-7-8-10-15(16-11-17,13(19)22-5-2)14(20)23-6-3/h8,10-11H,4-7,9H2,1-3H3,(H,16,17). The number of carbonyl (C=O) groups is 4. The summed E-state index contributed by atoms with van der Waals surface area (Å²) in [5.41, 5.74) is -2.07. The molecule has 23 heavy (non-hydrogen) atoms. The monoisotopic (exact) mass is 329 g/mol. The van der Waals surface area contributed by atoms with Crippen LogP contribution in [-0.4, -0.2) is 49.7 Å². The fourth-order valence-corrected chi connectivity index (χ4v) is 1.66. The summed E-state index contributed by atoms with van der Waals surface area (Å²) in [6, 6.07) is 0. The number of ether oxygens (including phenoxy) is 3. The molecule has 8 heteroatoms. The Bertz CT molecular complexity index is 427. The van der Waals surface area contributed by atoms with Crippen LogP contribution < -0.4 is 5.32 Å². The Kier molecular flexibility index (Phi) is 10.1. The number of hydrogen-bond donors (Lipinski definition) is 1. The molecule has 0 fully saturated rings. The van der Waals surface area contributed by atoms with Crippen molar-refractivity contribution < 1.29 is 33.4 Å². The third kappa shape index (κ3) is 6.50. The minimum Gasteiger partial charge on any atom is -0.466 e. The molecule has 8 nitrogen and oxygen atoms in total. The molecule has 0 spiro atoms. The number of carbonyl (C=O) groups excluding carboxylic acids is 4. The molecular formula is C15H23NO7. The molecule has 0 aromatic heterocycles. The maximum atomic E-state index is 12.1. The van der Waals surface area contributed by atoms with Crippen LogP contribution in [0.25, 0.3) is 0 Å². The molecule has 0 aliphatic heterocycles. The highest BCUT2D eigenvalue weighted by Crippen LogP contribution is 2.14. The first-order valence-corrected chi connectivity index (χ1v) is 7.37. The Labute approximate surface area is 135 Å². The zero-order valence-electron chi connectivity index (χ0n) is 13.6. The second-order valence-corrected chi connectivity index (χ2v) is 4.26. The van der Waals surface area contributed by atoms with Crippen LogP contribution in [0.2, 0.25) is 0 Å². The number of nitrogens with one attached hydrogen (secondary N) is 1. The molecule has 0 aromatic rings. The number of amides is 1. The van der Waals surface area contributed by atoms with Crippen LogP contribution >= 0.6 is 0 Å². The summed E-state index contributed by atoms with van der Waals surface area (Å²) >= 11 is 0. The van der Waals surface area contributed by atoms with E-state index in [1.807, 2.05) is 0 Å². The Balaban J connectivity index is 5.21. The van der Waals surface area contributed by atoms with Gasteiger partial charge in [-0.25, -0.2) is 9.59 Å². The van der Waals surface area contributed by atoms with E-state index in [1.165, 1.54) is 6.08 Å². The second kappa shape index (κ2) is 11.2. The zero-order chi connectivity index (χ0) is 17.7. The van der Waals surface area contributed by atoms with Gasteiger partial charge in [0.2, 0.25) is 6.41 Å². The highest BCUT2D eigenvalue weighted by Gasteiger charge is 2.46. The highest BCUT2D eigenvalue weighted by atomic mass is 16.6. The average molecular weight is 329 g/mol. The van der Waals surface area contributed by atoms with Crippen LogP contribution in [0.15, 0.2) is 12.2 Å². The van der Waals surface area contributed by atoms with Gasteiger partial charge in [-0.1, -0.05) is 6.08 Å². The smallest absolute Gasteiger partial charge is 0.347 e. The van der Waals surface area contributed by atoms with Gasteiger partial charge in [0.25, 0.3) is 5.54 Å². The Morgan fingerprint density at radius 1 is 0.957 bits per heavy atom. The summed E-state index contributed by atoms with van der Waals surface area (Å²) in [5, 5.41) is 2.15. The van der Waals surface area contributed by atoms with Gasteiger partial charge in [0.05, 0.1) is 19.8 Å². The fourth-order valence-electron chi connectivity index (χ4n) is 1.66. The molecule has 0 atom stereocenters. The predicted molar refractivity (Wildman–Crippen MR) is 80.2 cm³/mol. The van der Waals surface area contributed by atoms with E-state index in [0.717, 1.165) is 6.08 Å². The molecule has 0 saturated heterocycles. The summed E-state index contributed by atoms with van der Waals surface area (Å²) in [5.74, 6) is -2.32. The first-order valence-electron chi connectivity index (χ1n) is 7.37. The maximum Gasteiger partial charge on any atom is 0.347 e. The molecule has 0 aliphatic rings. The Morgan fingerprint density at radius 2 is 1.48 bits per heavy atom. The summed E-state index contributed by atoms with van der Waals surface area (Å²) < 4.78 is 14.4. The summed E-state index contributed by atoms with van der Waals surface area (Å²) in [6.45, 7) is 5.14. The number of esters is 3. The first-order chi connectivity index (χ1) is 11.0. The molecule has 1 amide bonds. The molecule has 130 valence electrons. The van der Waals surface area contributed by atoms with Gasteiger partial charge >= 0.3 is 17.9 Å². The van der Waals surface area contributed by atoms with Gasteiger partial charge in [-0.2, -0.15) is 0 Å². The van der Waals surface area contributed by atoms with Crippen molar-refractivity contribution in [2.24, 2.45) is 0 Å². The normalized spacial score (nSPS) is 10.9. The van der Waals surface area contributed by atoms with E-state index in [1.54, 1.807) is 20.8 Å². The van der Waals surface area contributed by atoms with E-state index < -0.39 is 23.4 Å². The van der Waals surface area contributed by atoms with Crippen LogP contribution in [0, 0.1) is 0 Å². The van der Waals surface area contributed by atoms with Crippen LogP contribution in [0.4, 0.5) is 0 Å². The van der Waals surface area contributed by atoms with E-state index in [4.69, 9.17) is 14.2 Å². The van der Waals surface area contributed by atoms with Gasteiger partial charge in [-0.05, 0) is 33.3 Å². The van der Waals surface area contributed by atoms with Crippen molar-refractivity contribution in [2.45, 2.75) is 39.2 Å². The molecule has 0 unspecified atom stereocenters. The second-order valence-electron chi connectivity index (χ2n) is 4.26. The molecular weight excluding hydrogens is 306 g/mol. The molecule has 0 aliphatic carbocycles. The van der Waals surface area contributed by atoms with Gasteiger partial charge in [0, 0.05) is 6.42 Å². The van der Waals surface area contributed by atoms with Crippen molar-refractivity contribution in [3.05, 3.63) is 12.2 Å². The molecule has 0 bridgehead atoms. The summed E-state index contributed by atoms with van der Waals surface area (Å²) in [4.78, 5) is 46.3. The van der Waals surface area contributed by atoms with Crippen LogP contribution in [-0.2, 0) is 33.4 Å². The maximum absolute atomic E-state index is 12.1. The molecule has 0 saturated carbocycles. The fraction of sp³-hybridized carbons (Fsp3) is 0.600. The van der Waals surface area contributed by atoms with E-state index >= 15 is 0 Å². The predicted octanol–water partition coefficient (Wildman–Crippen LogP) is 0.497. The number of rotatable bonds is 11. The summed E-state index contributed by atoms with van der Waals surface area (Å²) in [7, 11) is 0. The van der Waals surface area contributed by atoms with Crippen molar-refractivity contribution in [3.63, 3.8) is 0 Å². The van der Waals surface area contributed by atoms with E-state index in [2.05, 4.69) is 5.32 Å². The van der Waals surface area contributed by atoms with Crippen molar-refractivity contribution in [1.82, 2.24) is 5.32 Å². The zero-order valence-corrected chi connectivity index (χ0v) is 13.6. The highest BCUT2D eigenvalue weighted by molar-refractivity contribution is 6.08. The lowest BCUT2D eigenvalue weighted by molar-refractivity contribution is -0.163. The largest absolute Gasteiger partial charge is 0.466 e. The summed E-state index contributed by atoms with van der Waals surface area (Å²) in [6.07, 6.45) is 3.09. The third-order valence-electron chi connectivity index (χ3n) is 2.67. The Morgan fingerprint density at radius 3 is 1.91 bits per heavy atom. The average Bonchev–Trinajstić information content (AvgIpc) is 2.51. The third-order valence-corrected chi connectivity index (χ3v) is 2.67. The lowest BCUT2D eigenvalue weighted by Gasteiger charge is -2.25. The Hall–Kier alpha value is -2.38. The molecule has 1 N–H and O–H groups in total. The van der Waals surface area contributed by atoms with Crippen LogP contribution in [0.5, 0.6) is 0 Å². The van der Waals surface area contributed by atoms with Gasteiger partial charge in [-0.15, -0.1) is 0 Å². The number of hydrogen-bond acceptors (Lipinski definition) is 7. The first kappa shape index (κ1) is 20.6. The lowest BCUT2D eigenvalue weighted by Crippen LogP contribution is -2.58. The van der Waals surface area contributed by atoms with Crippen molar-refractivity contribution in [1.29, 1.82) is 0 Å². The SMILES string of the molecule is CCOC(=O)CCC=CC(NC=O)(C(=O)OCC)C(=O)OCC. The minimum absolute atomic E-state index is 0.0250. The molecule has 0 aromatic carbocycles. The van der Waals surface area contributed by atoms with Crippen molar-refractivity contribution in [2.75, 3.05) is 19.8 Å². The van der Waals surface area contributed by atoms with Gasteiger partial charge < -0.3 is 19.5 Å². The van der Waals surface area contributed by atoms with E-state index in [9.17, 15) is 19.2 Å². The van der Waals surface area contributed by atoms with Crippen LogP contribution in [0.3, 0.4) is 0 Å².